The molecular weight excluding hydrogens is 307 g/mol. The van der Waals surface area contributed by atoms with Crippen LogP contribution < -0.4 is 11.0 Å². The predicted octanol–water partition coefficient (Wildman–Crippen LogP) is 0.327. The normalized spacial score (nSPS) is 11.7. The van der Waals surface area contributed by atoms with Crippen molar-refractivity contribution in [1.82, 2.24) is 24.8 Å². The van der Waals surface area contributed by atoms with Gasteiger partial charge < -0.3 is 9.84 Å². The van der Waals surface area contributed by atoms with Gasteiger partial charge in [0.25, 0.3) is 5.91 Å². The zero-order valence-corrected chi connectivity index (χ0v) is 11.6. The molecule has 2 aromatic heterocycles. The highest BCUT2D eigenvalue weighted by molar-refractivity contribution is 5.92. The molecule has 2 heterocycles. The topological polar surface area (TPSA) is 95.0 Å². The molecule has 0 unspecified atom stereocenters. The monoisotopic (exact) mass is 319 g/mol. The Morgan fingerprint density at radius 3 is 2.64 bits per heavy atom. The van der Waals surface area contributed by atoms with E-state index in [-0.39, 0.29) is 18.8 Å². The molecule has 0 saturated carbocycles. The Bertz CT molecular complexity index is 743. The van der Waals surface area contributed by atoms with Gasteiger partial charge in [-0.2, -0.15) is 13.2 Å². The fraction of sp³-hybridized carbons (Fsp3) is 0.455. The zero-order chi connectivity index (χ0) is 16.5. The van der Waals surface area contributed by atoms with Gasteiger partial charge in [0.05, 0.1) is 6.54 Å². The number of halogens is 3. The first kappa shape index (κ1) is 15.8. The Morgan fingerprint density at radius 1 is 1.45 bits per heavy atom. The Labute approximate surface area is 121 Å². The minimum Gasteiger partial charge on any atom is -0.361 e. The van der Waals surface area contributed by atoms with Crippen molar-refractivity contribution in [1.29, 1.82) is 0 Å². The summed E-state index contributed by atoms with van der Waals surface area (Å²) >= 11 is 0. The van der Waals surface area contributed by atoms with E-state index >= 15 is 0 Å². The summed E-state index contributed by atoms with van der Waals surface area (Å²) in [6, 6.07) is 1.41. The Hall–Kier alpha value is -2.59. The molecule has 0 aliphatic rings. The molecule has 2 rings (SSSR count). The number of amides is 1. The maximum Gasteiger partial charge on any atom is 0.451 e. The average molecular weight is 319 g/mol. The first-order chi connectivity index (χ1) is 10.2. The third-order valence-corrected chi connectivity index (χ3v) is 2.76. The van der Waals surface area contributed by atoms with Crippen molar-refractivity contribution in [3.63, 3.8) is 0 Å². The fourth-order valence-corrected chi connectivity index (χ4v) is 1.72. The quantitative estimate of drug-likeness (QED) is 0.876. The molecular formula is C11H12F3N5O3. The number of rotatable bonds is 4. The van der Waals surface area contributed by atoms with E-state index in [9.17, 15) is 22.8 Å². The van der Waals surface area contributed by atoms with Gasteiger partial charge in [-0.1, -0.05) is 5.16 Å². The van der Waals surface area contributed by atoms with E-state index in [1.807, 2.05) is 0 Å². The number of nitrogens with one attached hydrogen (secondary N) is 1. The summed E-state index contributed by atoms with van der Waals surface area (Å²) in [5.74, 6) is -1.41. The van der Waals surface area contributed by atoms with Gasteiger partial charge in [-0.3, -0.25) is 9.36 Å². The van der Waals surface area contributed by atoms with Crippen molar-refractivity contribution < 1.29 is 22.5 Å². The molecule has 0 bridgehead atoms. The van der Waals surface area contributed by atoms with Crippen LogP contribution >= 0.6 is 0 Å². The second kappa shape index (κ2) is 5.66. The van der Waals surface area contributed by atoms with Gasteiger partial charge in [-0.15, -0.1) is 5.10 Å². The molecule has 0 aliphatic heterocycles. The van der Waals surface area contributed by atoms with Crippen molar-refractivity contribution in [3.05, 3.63) is 33.8 Å². The number of hydrogen-bond acceptors (Lipinski definition) is 5. The van der Waals surface area contributed by atoms with Crippen LogP contribution in [0.1, 0.15) is 22.1 Å². The lowest BCUT2D eigenvalue weighted by Gasteiger charge is -2.03. The van der Waals surface area contributed by atoms with Crippen LogP contribution in [0.25, 0.3) is 0 Å². The summed E-state index contributed by atoms with van der Waals surface area (Å²) in [5, 5.41) is 9.10. The molecule has 0 fully saturated rings. The largest absolute Gasteiger partial charge is 0.451 e. The first-order valence-electron chi connectivity index (χ1n) is 6.12. The molecule has 1 N–H and O–H groups in total. The molecule has 0 radical (unpaired) electrons. The van der Waals surface area contributed by atoms with E-state index in [1.54, 1.807) is 6.92 Å². The molecule has 1 amide bonds. The van der Waals surface area contributed by atoms with E-state index in [1.165, 1.54) is 6.07 Å². The van der Waals surface area contributed by atoms with Crippen molar-refractivity contribution in [2.24, 2.45) is 7.05 Å². The Kier molecular flexibility index (Phi) is 4.06. The highest BCUT2D eigenvalue weighted by atomic mass is 19.4. The lowest BCUT2D eigenvalue weighted by atomic mass is 10.3. The summed E-state index contributed by atoms with van der Waals surface area (Å²) in [6.45, 7) is 1.32. The summed E-state index contributed by atoms with van der Waals surface area (Å²) in [5.41, 5.74) is -0.874. The fourth-order valence-electron chi connectivity index (χ4n) is 1.72. The van der Waals surface area contributed by atoms with Gasteiger partial charge in [-0.05, 0) is 6.92 Å². The van der Waals surface area contributed by atoms with Crippen molar-refractivity contribution >= 4 is 5.91 Å². The van der Waals surface area contributed by atoms with Crippen LogP contribution in [0.2, 0.25) is 0 Å². The van der Waals surface area contributed by atoms with Gasteiger partial charge in [0.2, 0.25) is 5.82 Å². The molecule has 0 saturated heterocycles. The van der Waals surface area contributed by atoms with Crippen LogP contribution in [0, 0.1) is 6.92 Å². The summed E-state index contributed by atoms with van der Waals surface area (Å²) < 4.78 is 43.5. The van der Waals surface area contributed by atoms with E-state index in [0.29, 0.717) is 15.0 Å². The van der Waals surface area contributed by atoms with E-state index in [2.05, 4.69) is 15.6 Å². The lowest BCUT2D eigenvalue weighted by Crippen LogP contribution is -2.32. The number of aryl methyl sites for hydroxylation is 1. The summed E-state index contributed by atoms with van der Waals surface area (Å²) in [7, 11) is 0.978. The number of nitrogens with zero attached hydrogens (tertiary/aromatic N) is 4. The molecule has 0 spiro atoms. The maximum absolute atomic E-state index is 12.6. The molecule has 2 aromatic rings. The number of carbonyl (C=O) groups is 1. The standard InChI is InChI=1S/C11H12F3N5O3/c1-6-5-7(17-22-6)8(20)15-3-4-19-10(21)18(2)9(16-19)11(12,13)14/h5H,3-4H2,1-2H3,(H,15,20). The van der Waals surface area contributed by atoms with Crippen LogP contribution in [0.4, 0.5) is 13.2 Å². The molecule has 0 atom stereocenters. The highest BCUT2D eigenvalue weighted by Crippen LogP contribution is 2.25. The number of aromatic nitrogens is 4. The predicted molar refractivity (Wildman–Crippen MR) is 66.0 cm³/mol. The summed E-state index contributed by atoms with van der Waals surface area (Å²) in [4.78, 5) is 23.2. The van der Waals surface area contributed by atoms with Crippen LogP contribution in [-0.2, 0) is 19.8 Å². The zero-order valence-electron chi connectivity index (χ0n) is 11.6. The van der Waals surface area contributed by atoms with Crippen LogP contribution in [-0.4, -0.2) is 32.0 Å². The van der Waals surface area contributed by atoms with E-state index in [0.717, 1.165) is 7.05 Å². The van der Waals surface area contributed by atoms with Crippen LogP contribution in [0.15, 0.2) is 15.4 Å². The smallest absolute Gasteiger partial charge is 0.361 e. The minimum absolute atomic E-state index is 0.0434. The van der Waals surface area contributed by atoms with Gasteiger partial charge in [-0.25, -0.2) is 9.48 Å². The second-order valence-corrected chi connectivity index (χ2v) is 4.46. The number of alkyl halides is 3. The number of carbonyl (C=O) groups excluding carboxylic acids is 1. The van der Waals surface area contributed by atoms with Crippen LogP contribution in [0.5, 0.6) is 0 Å². The molecule has 22 heavy (non-hydrogen) atoms. The first-order valence-corrected chi connectivity index (χ1v) is 6.12. The maximum atomic E-state index is 12.6. The van der Waals surface area contributed by atoms with E-state index < -0.39 is 23.6 Å². The van der Waals surface area contributed by atoms with Crippen molar-refractivity contribution in [2.75, 3.05) is 6.54 Å². The van der Waals surface area contributed by atoms with Crippen molar-refractivity contribution in [3.8, 4) is 0 Å². The second-order valence-electron chi connectivity index (χ2n) is 4.46. The van der Waals surface area contributed by atoms with Gasteiger partial charge in [0, 0.05) is 19.7 Å². The molecule has 120 valence electrons. The lowest BCUT2D eigenvalue weighted by molar-refractivity contribution is -0.147. The third kappa shape index (κ3) is 3.18. The molecule has 11 heteroatoms. The van der Waals surface area contributed by atoms with Gasteiger partial charge >= 0.3 is 11.9 Å². The molecule has 0 aliphatic carbocycles. The minimum atomic E-state index is -4.72. The van der Waals surface area contributed by atoms with Gasteiger partial charge in [0.1, 0.15) is 5.76 Å². The van der Waals surface area contributed by atoms with Crippen molar-refractivity contribution in [2.45, 2.75) is 19.6 Å². The SMILES string of the molecule is Cc1cc(C(=O)NCCn2nc(C(F)(F)F)n(C)c2=O)no1. The third-order valence-electron chi connectivity index (χ3n) is 2.76. The van der Waals surface area contributed by atoms with E-state index in [4.69, 9.17) is 4.52 Å². The summed E-state index contributed by atoms with van der Waals surface area (Å²) in [6.07, 6.45) is -4.72. The molecule has 0 aromatic carbocycles. The number of hydrogen-bond donors (Lipinski definition) is 1. The Morgan fingerprint density at radius 2 is 2.14 bits per heavy atom. The molecule has 8 nitrogen and oxygen atoms in total. The van der Waals surface area contributed by atoms with Crippen LogP contribution in [0.3, 0.4) is 0 Å². The Balaban J connectivity index is 2.01. The average Bonchev–Trinajstić information content (AvgIpc) is 2.96. The van der Waals surface area contributed by atoms with Gasteiger partial charge in [0.15, 0.2) is 5.69 Å². The highest BCUT2D eigenvalue weighted by Gasteiger charge is 2.37.